The summed E-state index contributed by atoms with van der Waals surface area (Å²) in [5, 5.41) is 14.8. The molecular weight excluding hydrogens is 388 g/mol. The van der Waals surface area contributed by atoms with Crippen molar-refractivity contribution in [3.8, 4) is 6.07 Å². The summed E-state index contributed by atoms with van der Waals surface area (Å²) in [6, 6.07) is 19.7. The Morgan fingerprint density at radius 3 is 2.48 bits per heavy atom. The Balaban J connectivity index is 1.32. The zero-order valence-electron chi connectivity index (χ0n) is 17.1. The topological polar surface area (TPSA) is 94.9 Å². The molecule has 0 saturated heterocycles. The van der Waals surface area contributed by atoms with E-state index in [0.717, 1.165) is 23.2 Å². The number of carbonyl (C=O) groups excluding carboxylic acids is 2. The summed E-state index contributed by atoms with van der Waals surface area (Å²) in [6.45, 7) is 1.90. The third-order valence-corrected chi connectivity index (χ3v) is 5.54. The van der Waals surface area contributed by atoms with Gasteiger partial charge in [0.2, 0.25) is 5.91 Å². The molecular formula is C25H22N4O2. The summed E-state index contributed by atoms with van der Waals surface area (Å²) in [7, 11) is 0. The molecule has 3 atom stereocenters. The van der Waals surface area contributed by atoms with Crippen LogP contribution in [0.3, 0.4) is 0 Å². The van der Waals surface area contributed by atoms with Crippen molar-refractivity contribution in [3.63, 3.8) is 0 Å². The van der Waals surface area contributed by atoms with E-state index in [0.29, 0.717) is 11.1 Å². The molecule has 1 fully saturated rings. The van der Waals surface area contributed by atoms with Gasteiger partial charge in [0, 0.05) is 29.6 Å². The second-order valence-electron chi connectivity index (χ2n) is 7.73. The number of rotatable bonds is 6. The number of nitrogens with one attached hydrogen (secondary N) is 2. The van der Waals surface area contributed by atoms with Crippen LogP contribution in [-0.4, -0.2) is 16.8 Å². The summed E-state index contributed by atoms with van der Waals surface area (Å²) in [5.41, 5.74) is 3.78. The van der Waals surface area contributed by atoms with Crippen LogP contribution >= 0.6 is 0 Å². The summed E-state index contributed by atoms with van der Waals surface area (Å²) in [6.07, 6.45) is 4.39. The third kappa shape index (κ3) is 4.78. The molecule has 2 aromatic carbocycles. The number of carbonyl (C=O) groups is 2. The van der Waals surface area contributed by atoms with E-state index in [2.05, 4.69) is 15.6 Å². The maximum absolute atomic E-state index is 12.5. The molecule has 6 heteroatoms. The SMILES string of the molecule is C[C@H](NC(=O)c1ccc(C#N)cc1)c1ccc(NC(=O)[C@H]2C[C@@H]2c2cccnc2)cc1. The van der Waals surface area contributed by atoms with E-state index in [4.69, 9.17) is 5.26 Å². The van der Waals surface area contributed by atoms with Gasteiger partial charge in [-0.2, -0.15) is 5.26 Å². The Bertz CT molecular complexity index is 1120. The Labute approximate surface area is 180 Å². The fraction of sp³-hybridized carbons (Fsp3) is 0.200. The van der Waals surface area contributed by atoms with Gasteiger partial charge >= 0.3 is 0 Å². The molecule has 0 spiro atoms. The average molecular weight is 410 g/mol. The van der Waals surface area contributed by atoms with Gasteiger partial charge in [0.15, 0.2) is 0 Å². The number of anilines is 1. The van der Waals surface area contributed by atoms with Crippen molar-refractivity contribution >= 4 is 17.5 Å². The summed E-state index contributed by atoms with van der Waals surface area (Å²) in [4.78, 5) is 29.1. The lowest BCUT2D eigenvalue weighted by molar-refractivity contribution is -0.117. The van der Waals surface area contributed by atoms with Gasteiger partial charge in [-0.3, -0.25) is 14.6 Å². The number of amides is 2. The van der Waals surface area contributed by atoms with Crippen LogP contribution in [0.1, 0.15) is 52.4 Å². The lowest BCUT2D eigenvalue weighted by atomic mass is 10.1. The summed E-state index contributed by atoms with van der Waals surface area (Å²) >= 11 is 0. The van der Waals surface area contributed by atoms with Gasteiger partial charge in [-0.25, -0.2) is 0 Å². The molecule has 4 rings (SSSR count). The van der Waals surface area contributed by atoms with Crippen LogP contribution in [0.5, 0.6) is 0 Å². The predicted molar refractivity (Wildman–Crippen MR) is 117 cm³/mol. The summed E-state index contributed by atoms with van der Waals surface area (Å²) < 4.78 is 0. The molecule has 31 heavy (non-hydrogen) atoms. The van der Waals surface area contributed by atoms with Gasteiger partial charge in [0.25, 0.3) is 5.91 Å². The predicted octanol–water partition coefficient (Wildman–Crippen LogP) is 4.19. The number of nitriles is 1. The zero-order chi connectivity index (χ0) is 21.8. The molecule has 1 saturated carbocycles. The molecule has 1 aliphatic carbocycles. The zero-order valence-corrected chi connectivity index (χ0v) is 17.1. The molecule has 2 amide bonds. The van der Waals surface area contributed by atoms with Crippen molar-refractivity contribution in [1.82, 2.24) is 10.3 Å². The maximum Gasteiger partial charge on any atom is 0.251 e. The Morgan fingerprint density at radius 1 is 1.10 bits per heavy atom. The molecule has 0 bridgehead atoms. The quantitative estimate of drug-likeness (QED) is 0.637. The number of benzene rings is 2. The summed E-state index contributed by atoms with van der Waals surface area (Å²) in [5.74, 6) is 0.0354. The van der Waals surface area contributed by atoms with Crippen molar-refractivity contribution in [2.45, 2.75) is 25.3 Å². The lowest BCUT2D eigenvalue weighted by Crippen LogP contribution is -2.26. The first-order chi connectivity index (χ1) is 15.0. The highest BCUT2D eigenvalue weighted by atomic mass is 16.2. The molecule has 2 N–H and O–H groups in total. The molecule has 1 aliphatic rings. The minimum Gasteiger partial charge on any atom is -0.346 e. The minimum absolute atomic E-state index is 0.0174. The molecule has 6 nitrogen and oxygen atoms in total. The molecule has 0 unspecified atom stereocenters. The van der Waals surface area contributed by atoms with E-state index in [1.807, 2.05) is 55.6 Å². The van der Waals surface area contributed by atoms with Crippen molar-refractivity contribution in [2.75, 3.05) is 5.32 Å². The first-order valence-electron chi connectivity index (χ1n) is 10.2. The van der Waals surface area contributed by atoms with Crippen LogP contribution in [0.25, 0.3) is 0 Å². The Morgan fingerprint density at radius 2 is 1.84 bits per heavy atom. The second-order valence-corrected chi connectivity index (χ2v) is 7.73. The van der Waals surface area contributed by atoms with Gasteiger partial charge < -0.3 is 10.6 Å². The third-order valence-electron chi connectivity index (χ3n) is 5.54. The highest BCUT2D eigenvalue weighted by Gasteiger charge is 2.44. The van der Waals surface area contributed by atoms with Crippen LogP contribution in [0.2, 0.25) is 0 Å². The molecule has 1 aromatic heterocycles. The fourth-order valence-electron chi connectivity index (χ4n) is 3.60. The van der Waals surface area contributed by atoms with Crippen molar-refractivity contribution in [1.29, 1.82) is 5.26 Å². The number of hydrogen-bond donors (Lipinski definition) is 2. The largest absolute Gasteiger partial charge is 0.346 e. The van der Waals surface area contributed by atoms with Crippen molar-refractivity contribution < 1.29 is 9.59 Å². The van der Waals surface area contributed by atoms with E-state index in [9.17, 15) is 9.59 Å². The van der Waals surface area contributed by atoms with E-state index in [1.54, 1.807) is 30.5 Å². The van der Waals surface area contributed by atoms with Crippen LogP contribution in [0, 0.1) is 17.2 Å². The first-order valence-corrected chi connectivity index (χ1v) is 10.2. The highest BCUT2D eigenvalue weighted by molar-refractivity contribution is 5.95. The van der Waals surface area contributed by atoms with Gasteiger partial charge in [-0.1, -0.05) is 18.2 Å². The van der Waals surface area contributed by atoms with E-state index < -0.39 is 0 Å². The van der Waals surface area contributed by atoms with E-state index in [-0.39, 0.29) is 29.7 Å². The van der Waals surface area contributed by atoms with Crippen LogP contribution in [0.15, 0.2) is 73.1 Å². The molecule has 154 valence electrons. The molecule has 1 heterocycles. The van der Waals surface area contributed by atoms with Gasteiger partial charge in [0.1, 0.15) is 0 Å². The Hall–Kier alpha value is -3.98. The van der Waals surface area contributed by atoms with Crippen molar-refractivity contribution in [3.05, 3.63) is 95.3 Å². The second kappa shape index (κ2) is 8.80. The maximum atomic E-state index is 12.5. The number of hydrogen-bond acceptors (Lipinski definition) is 4. The molecule has 3 aromatic rings. The lowest BCUT2D eigenvalue weighted by Gasteiger charge is -2.15. The van der Waals surface area contributed by atoms with Crippen LogP contribution < -0.4 is 10.6 Å². The van der Waals surface area contributed by atoms with E-state index >= 15 is 0 Å². The number of nitrogens with zero attached hydrogens (tertiary/aromatic N) is 2. The Kier molecular flexibility index (Phi) is 5.76. The average Bonchev–Trinajstić information content (AvgIpc) is 3.61. The highest BCUT2D eigenvalue weighted by Crippen LogP contribution is 2.47. The van der Waals surface area contributed by atoms with Gasteiger partial charge in [0.05, 0.1) is 17.7 Å². The first kappa shape index (κ1) is 20.3. The standard InChI is InChI=1S/C25H22N4O2/c1-16(28-24(30)19-6-4-17(14-26)5-7-19)18-8-10-21(11-9-18)29-25(31)23-13-22(23)20-3-2-12-27-15-20/h2-12,15-16,22-23H,13H2,1H3,(H,28,30)(H,29,31)/t16-,22+,23-/m0/s1. The minimum atomic E-state index is -0.204. The van der Waals surface area contributed by atoms with Gasteiger partial charge in [-0.05, 0) is 72.9 Å². The van der Waals surface area contributed by atoms with E-state index in [1.165, 1.54) is 0 Å². The molecule has 0 aliphatic heterocycles. The number of pyridine rings is 1. The van der Waals surface area contributed by atoms with Crippen LogP contribution in [0.4, 0.5) is 5.69 Å². The molecule has 0 radical (unpaired) electrons. The normalized spacial score (nSPS) is 17.8. The van der Waals surface area contributed by atoms with Crippen LogP contribution in [-0.2, 0) is 4.79 Å². The smallest absolute Gasteiger partial charge is 0.251 e. The fourth-order valence-corrected chi connectivity index (χ4v) is 3.60. The van der Waals surface area contributed by atoms with Gasteiger partial charge in [-0.15, -0.1) is 0 Å². The number of aromatic nitrogens is 1. The van der Waals surface area contributed by atoms with Crippen molar-refractivity contribution in [2.24, 2.45) is 5.92 Å². The monoisotopic (exact) mass is 410 g/mol.